The Labute approximate surface area is 135 Å². The summed E-state index contributed by atoms with van der Waals surface area (Å²) in [5.74, 6) is 3.55. The van der Waals surface area contributed by atoms with Gasteiger partial charge in [0.15, 0.2) is 0 Å². The second-order valence-corrected chi connectivity index (χ2v) is 7.36. The fourth-order valence-electron chi connectivity index (χ4n) is 3.25. The average molecular weight is 306 g/mol. The molecule has 0 heterocycles. The average Bonchev–Trinajstić information content (AvgIpc) is 3.01. The Bertz CT molecular complexity index is 381. The zero-order chi connectivity index (χ0) is 14.9. The third-order valence-corrected chi connectivity index (χ3v) is 5.76. The van der Waals surface area contributed by atoms with E-state index in [1.165, 1.54) is 61.2 Å². The van der Waals surface area contributed by atoms with E-state index in [9.17, 15) is 0 Å². The zero-order valence-electron chi connectivity index (χ0n) is 13.7. The lowest BCUT2D eigenvalue weighted by atomic mass is 10.0. The summed E-state index contributed by atoms with van der Waals surface area (Å²) in [6, 6.07) is 9.79. The maximum Gasteiger partial charge on any atom is 0.0411 e. The molecule has 1 unspecified atom stereocenters. The van der Waals surface area contributed by atoms with Crippen LogP contribution in [0.15, 0.2) is 24.3 Å². The molecule has 1 fully saturated rings. The van der Waals surface area contributed by atoms with Gasteiger partial charge in [0, 0.05) is 11.8 Å². The molecule has 1 atom stereocenters. The third-order valence-electron chi connectivity index (χ3n) is 4.48. The van der Waals surface area contributed by atoms with E-state index in [1.54, 1.807) is 0 Å². The highest BCUT2D eigenvalue weighted by atomic mass is 32.2. The minimum absolute atomic E-state index is 0.511. The van der Waals surface area contributed by atoms with Crippen LogP contribution in [-0.2, 0) is 6.42 Å². The maximum atomic E-state index is 3.65. The van der Waals surface area contributed by atoms with E-state index in [0.29, 0.717) is 6.04 Å². The van der Waals surface area contributed by atoms with Gasteiger partial charge < -0.3 is 5.32 Å². The first-order chi connectivity index (χ1) is 10.3. The maximum absolute atomic E-state index is 3.65. The molecule has 0 aliphatic heterocycles. The summed E-state index contributed by atoms with van der Waals surface area (Å²) >= 11 is 2.15. The minimum Gasteiger partial charge on any atom is -0.310 e. The van der Waals surface area contributed by atoms with Gasteiger partial charge in [-0.05, 0) is 48.6 Å². The lowest BCUT2D eigenvalue weighted by Gasteiger charge is -2.19. The highest BCUT2D eigenvalue weighted by molar-refractivity contribution is 7.99. The van der Waals surface area contributed by atoms with Gasteiger partial charge in [-0.2, -0.15) is 11.8 Å². The fraction of sp³-hybridized carbons (Fsp3) is 0.684. The highest BCUT2D eigenvalue weighted by Crippen LogP contribution is 2.29. The van der Waals surface area contributed by atoms with Crippen molar-refractivity contribution in [3.63, 3.8) is 0 Å². The quantitative estimate of drug-likeness (QED) is 0.672. The molecule has 118 valence electrons. The number of hydrogen-bond donors (Lipinski definition) is 1. The number of thioether (sulfide) groups is 1. The van der Waals surface area contributed by atoms with E-state index < -0.39 is 0 Å². The summed E-state index contributed by atoms with van der Waals surface area (Å²) in [5.41, 5.74) is 2.92. The molecule has 1 nitrogen and oxygen atoms in total. The molecule has 2 rings (SSSR count). The predicted molar refractivity (Wildman–Crippen MR) is 96.1 cm³/mol. The van der Waals surface area contributed by atoms with Crippen LogP contribution in [0.3, 0.4) is 0 Å². The Morgan fingerprint density at radius 1 is 1.14 bits per heavy atom. The molecule has 1 aromatic rings. The van der Waals surface area contributed by atoms with Crippen LogP contribution in [0.4, 0.5) is 0 Å². The summed E-state index contributed by atoms with van der Waals surface area (Å²) in [6.07, 6.45) is 8.27. The van der Waals surface area contributed by atoms with Gasteiger partial charge in [0.05, 0.1) is 0 Å². The monoisotopic (exact) mass is 305 g/mol. The molecule has 0 amide bonds. The molecule has 0 radical (unpaired) electrons. The highest BCUT2D eigenvalue weighted by Gasteiger charge is 2.16. The summed E-state index contributed by atoms with van der Waals surface area (Å²) in [4.78, 5) is 0. The van der Waals surface area contributed by atoms with Crippen molar-refractivity contribution in [1.82, 2.24) is 5.32 Å². The molecule has 0 bridgehead atoms. The van der Waals surface area contributed by atoms with Crippen LogP contribution >= 0.6 is 11.8 Å². The van der Waals surface area contributed by atoms with Crippen molar-refractivity contribution in [2.24, 2.45) is 5.92 Å². The van der Waals surface area contributed by atoms with Crippen molar-refractivity contribution < 1.29 is 0 Å². The largest absolute Gasteiger partial charge is 0.310 e. The van der Waals surface area contributed by atoms with Crippen LogP contribution < -0.4 is 5.32 Å². The lowest BCUT2D eigenvalue weighted by Crippen LogP contribution is -2.23. The van der Waals surface area contributed by atoms with Crippen LogP contribution in [-0.4, -0.2) is 18.1 Å². The van der Waals surface area contributed by atoms with Gasteiger partial charge in [-0.3, -0.25) is 0 Å². The number of aryl methyl sites for hydroxylation is 1. The fourth-order valence-corrected chi connectivity index (χ4v) is 4.60. The smallest absolute Gasteiger partial charge is 0.0411 e. The molecule has 1 aliphatic carbocycles. The van der Waals surface area contributed by atoms with E-state index in [0.717, 1.165) is 12.5 Å². The Hall–Kier alpha value is -0.470. The third kappa shape index (κ3) is 5.67. The lowest BCUT2D eigenvalue weighted by molar-refractivity contribution is 0.599. The molecule has 1 aliphatic rings. The van der Waals surface area contributed by atoms with E-state index in [2.05, 4.69) is 55.2 Å². The molecule has 1 saturated carbocycles. The van der Waals surface area contributed by atoms with Crippen molar-refractivity contribution in [2.45, 2.75) is 58.4 Å². The number of nitrogens with one attached hydrogen (secondary N) is 1. The van der Waals surface area contributed by atoms with Crippen LogP contribution in [0.2, 0.25) is 0 Å². The Morgan fingerprint density at radius 2 is 1.86 bits per heavy atom. The van der Waals surface area contributed by atoms with Crippen molar-refractivity contribution in [3.8, 4) is 0 Å². The summed E-state index contributed by atoms with van der Waals surface area (Å²) < 4.78 is 0. The second kappa shape index (κ2) is 9.53. The van der Waals surface area contributed by atoms with E-state index in [4.69, 9.17) is 0 Å². The van der Waals surface area contributed by atoms with Gasteiger partial charge in [0.1, 0.15) is 0 Å². The SMILES string of the molecule is CCCc1ccc(C(CSCC2CCCC2)NCC)cc1. The van der Waals surface area contributed by atoms with Gasteiger partial charge in [0.25, 0.3) is 0 Å². The first-order valence-electron chi connectivity index (χ1n) is 8.73. The van der Waals surface area contributed by atoms with Crippen LogP contribution in [0.1, 0.15) is 63.1 Å². The zero-order valence-corrected chi connectivity index (χ0v) is 14.6. The molecule has 1 N–H and O–H groups in total. The van der Waals surface area contributed by atoms with Crippen molar-refractivity contribution in [3.05, 3.63) is 35.4 Å². The van der Waals surface area contributed by atoms with Gasteiger partial charge in [-0.15, -0.1) is 0 Å². The topological polar surface area (TPSA) is 12.0 Å². The van der Waals surface area contributed by atoms with Crippen LogP contribution in [0.25, 0.3) is 0 Å². The van der Waals surface area contributed by atoms with Crippen LogP contribution in [0.5, 0.6) is 0 Å². The standard InChI is InChI=1S/C19H31NS/c1-3-7-16-10-12-18(13-11-16)19(20-4-2)15-21-14-17-8-5-6-9-17/h10-13,17,19-20H,3-9,14-15H2,1-2H3. The van der Waals surface area contributed by atoms with E-state index in [1.807, 2.05) is 0 Å². The molecule has 0 saturated heterocycles. The minimum atomic E-state index is 0.511. The van der Waals surface area contributed by atoms with E-state index >= 15 is 0 Å². The van der Waals surface area contributed by atoms with Gasteiger partial charge in [-0.25, -0.2) is 0 Å². The molecule has 2 heteroatoms. The Morgan fingerprint density at radius 3 is 2.48 bits per heavy atom. The first kappa shape index (κ1) is 16.9. The summed E-state index contributed by atoms with van der Waals surface area (Å²) in [5, 5.41) is 3.65. The molecule has 0 spiro atoms. The Kier molecular flexibility index (Phi) is 7.66. The Balaban J connectivity index is 1.84. The number of rotatable bonds is 9. The first-order valence-corrected chi connectivity index (χ1v) is 9.89. The molecular weight excluding hydrogens is 274 g/mol. The van der Waals surface area contributed by atoms with Gasteiger partial charge in [0.2, 0.25) is 0 Å². The molecular formula is C19H31NS. The van der Waals surface area contributed by atoms with Crippen molar-refractivity contribution in [1.29, 1.82) is 0 Å². The predicted octanol–water partition coefficient (Wildman–Crippen LogP) is 5.21. The normalized spacial score (nSPS) is 17.2. The second-order valence-electron chi connectivity index (χ2n) is 6.29. The molecule has 21 heavy (non-hydrogen) atoms. The summed E-state index contributed by atoms with van der Waals surface area (Å²) in [7, 11) is 0. The number of hydrogen-bond acceptors (Lipinski definition) is 2. The van der Waals surface area contributed by atoms with Gasteiger partial charge in [-0.1, -0.05) is 57.4 Å². The van der Waals surface area contributed by atoms with Crippen LogP contribution in [0, 0.1) is 5.92 Å². The molecule has 0 aromatic heterocycles. The van der Waals surface area contributed by atoms with Crippen molar-refractivity contribution in [2.75, 3.05) is 18.1 Å². The van der Waals surface area contributed by atoms with Gasteiger partial charge >= 0.3 is 0 Å². The molecule has 1 aromatic carbocycles. The van der Waals surface area contributed by atoms with Crippen molar-refractivity contribution >= 4 is 11.8 Å². The van der Waals surface area contributed by atoms with E-state index in [-0.39, 0.29) is 0 Å². The summed E-state index contributed by atoms with van der Waals surface area (Å²) in [6.45, 7) is 5.50. The number of benzene rings is 1.